The number of carbonyl (C=O) groups is 1. The maximum atomic E-state index is 12.3. The van der Waals surface area contributed by atoms with Crippen molar-refractivity contribution in [2.24, 2.45) is 0 Å². The van der Waals surface area contributed by atoms with Gasteiger partial charge >= 0.3 is 0 Å². The van der Waals surface area contributed by atoms with E-state index in [4.69, 9.17) is 15.4 Å². The van der Waals surface area contributed by atoms with E-state index in [0.717, 1.165) is 25.0 Å². The van der Waals surface area contributed by atoms with E-state index in [1.165, 1.54) is 12.1 Å². The first-order valence-corrected chi connectivity index (χ1v) is 9.20. The standard InChI is InChI=1S/C14H18ClNO4S/c1-2-10-5-6-12(21(15,18)19)8-13(10)14(17)16-9-11-4-3-7-20-11/h5-6,8,11H,2-4,7,9H2,1H3,(H,16,17). The lowest BCUT2D eigenvalue weighted by molar-refractivity contribution is 0.0857. The topological polar surface area (TPSA) is 72.5 Å². The zero-order valence-corrected chi connectivity index (χ0v) is 13.3. The average molecular weight is 332 g/mol. The molecule has 1 atom stereocenters. The summed E-state index contributed by atoms with van der Waals surface area (Å²) >= 11 is 0. The molecule has 1 aliphatic heterocycles. The minimum Gasteiger partial charge on any atom is -0.376 e. The molecule has 0 spiro atoms. The first kappa shape index (κ1) is 16.3. The second-order valence-electron chi connectivity index (χ2n) is 4.96. The molecule has 2 rings (SSSR count). The molecular weight excluding hydrogens is 314 g/mol. The van der Waals surface area contributed by atoms with E-state index in [0.29, 0.717) is 18.5 Å². The van der Waals surface area contributed by atoms with Crippen LogP contribution in [0.15, 0.2) is 23.1 Å². The Morgan fingerprint density at radius 2 is 2.24 bits per heavy atom. The number of amides is 1. The number of benzene rings is 1. The van der Waals surface area contributed by atoms with Gasteiger partial charge in [0.05, 0.1) is 11.0 Å². The minimum absolute atomic E-state index is 0.0407. The monoisotopic (exact) mass is 331 g/mol. The van der Waals surface area contributed by atoms with Gasteiger partial charge in [0, 0.05) is 29.4 Å². The molecule has 116 valence electrons. The van der Waals surface area contributed by atoms with Gasteiger partial charge in [0.15, 0.2) is 0 Å². The molecule has 1 heterocycles. The van der Waals surface area contributed by atoms with Gasteiger partial charge in [0.2, 0.25) is 0 Å². The van der Waals surface area contributed by atoms with Crippen molar-refractivity contribution in [3.63, 3.8) is 0 Å². The summed E-state index contributed by atoms with van der Waals surface area (Å²) in [5.41, 5.74) is 1.13. The van der Waals surface area contributed by atoms with E-state index in [-0.39, 0.29) is 16.9 Å². The first-order chi connectivity index (χ1) is 9.91. The van der Waals surface area contributed by atoms with E-state index in [2.05, 4.69) is 5.32 Å². The van der Waals surface area contributed by atoms with Gasteiger partial charge in [-0.2, -0.15) is 0 Å². The first-order valence-electron chi connectivity index (χ1n) is 6.89. The predicted octanol–water partition coefficient (Wildman–Crippen LogP) is 2.09. The second-order valence-corrected chi connectivity index (χ2v) is 7.52. The van der Waals surface area contributed by atoms with Crippen LogP contribution in [0.3, 0.4) is 0 Å². The van der Waals surface area contributed by atoms with Crippen molar-refractivity contribution in [3.05, 3.63) is 29.3 Å². The summed E-state index contributed by atoms with van der Waals surface area (Å²) in [5, 5.41) is 2.79. The Balaban J connectivity index is 2.17. The lowest BCUT2D eigenvalue weighted by atomic mass is 10.0. The van der Waals surface area contributed by atoms with Crippen molar-refractivity contribution in [3.8, 4) is 0 Å². The van der Waals surface area contributed by atoms with Crippen LogP contribution in [-0.4, -0.2) is 33.6 Å². The third-order valence-electron chi connectivity index (χ3n) is 3.50. The van der Waals surface area contributed by atoms with Crippen molar-refractivity contribution >= 4 is 25.6 Å². The molecule has 1 unspecified atom stereocenters. The van der Waals surface area contributed by atoms with Gasteiger partial charge in [-0.05, 0) is 37.0 Å². The van der Waals surface area contributed by atoms with Crippen LogP contribution in [-0.2, 0) is 20.2 Å². The number of ether oxygens (including phenoxy) is 1. The molecule has 21 heavy (non-hydrogen) atoms. The number of hydrogen-bond acceptors (Lipinski definition) is 4. The highest BCUT2D eigenvalue weighted by molar-refractivity contribution is 8.13. The Morgan fingerprint density at radius 1 is 1.48 bits per heavy atom. The molecule has 5 nitrogen and oxygen atoms in total. The molecule has 1 aromatic rings. The van der Waals surface area contributed by atoms with Crippen LogP contribution >= 0.6 is 10.7 Å². The molecular formula is C14H18ClNO4S. The normalized spacial score (nSPS) is 18.7. The fourth-order valence-electron chi connectivity index (χ4n) is 2.33. The predicted molar refractivity (Wildman–Crippen MR) is 80.2 cm³/mol. The van der Waals surface area contributed by atoms with Crippen LogP contribution in [0.25, 0.3) is 0 Å². The number of carbonyl (C=O) groups excluding carboxylic acids is 1. The van der Waals surface area contributed by atoms with E-state index in [1.807, 2.05) is 6.92 Å². The number of nitrogens with one attached hydrogen (secondary N) is 1. The molecule has 0 aliphatic carbocycles. The van der Waals surface area contributed by atoms with Crippen molar-refractivity contribution in [1.29, 1.82) is 0 Å². The van der Waals surface area contributed by atoms with Crippen LogP contribution < -0.4 is 5.32 Å². The number of rotatable bonds is 5. The fraction of sp³-hybridized carbons (Fsp3) is 0.500. The van der Waals surface area contributed by atoms with Gasteiger partial charge in [0.1, 0.15) is 0 Å². The molecule has 0 aromatic heterocycles. The Labute approximate surface area is 129 Å². The summed E-state index contributed by atoms with van der Waals surface area (Å²) in [6.45, 7) is 3.06. The number of hydrogen-bond donors (Lipinski definition) is 1. The summed E-state index contributed by atoms with van der Waals surface area (Å²) in [7, 11) is 1.49. The quantitative estimate of drug-likeness (QED) is 0.838. The van der Waals surface area contributed by atoms with Gasteiger partial charge in [-0.15, -0.1) is 0 Å². The maximum Gasteiger partial charge on any atom is 0.261 e. The van der Waals surface area contributed by atoms with Crippen molar-refractivity contribution in [1.82, 2.24) is 5.32 Å². The lowest BCUT2D eigenvalue weighted by Crippen LogP contribution is -2.32. The maximum absolute atomic E-state index is 12.3. The van der Waals surface area contributed by atoms with Crippen LogP contribution in [0.1, 0.15) is 35.7 Å². The van der Waals surface area contributed by atoms with Crippen molar-refractivity contribution < 1.29 is 17.9 Å². The van der Waals surface area contributed by atoms with Gasteiger partial charge in [-0.1, -0.05) is 13.0 Å². The van der Waals surface area contributed by atoms with E-state index < -0.39 is 9.05 Å². The Bertz CT molecular complexity index is 624. The van der Waals surface area contributed by atoms with Gasteiger partial charge in [0.25, 0.3) is 15.0 Å². The Kier molecular flexibility index (Phi) is 5.24. The van der Waals surface area contributed by atoms with Crippen LogP contribution in [0, 0.1) is 0 Å². The summed E-state index contributed by atoms with van der Waals surface area (Å²) in [6.07, 6.45) is 2.60. The van der Waals surface area contributed by atoms with Crippen LogP contribution in [0.2, 0.25) is 0 Å². The Morgan fingerprint density at radius 3 is 2.81 bits per heavy atom. The van der Waals surface area contributed by atoms with E-state index in [1.54, 1.807) is 6.07 Å². The van der Waals surface area contributed by atoms with Crippen LogP contribution in [0.4, 0.5) is 0 Å². The molecule has 1 fully saturated rings. The van der Waals surface area contributed by atoms with E-state index in [9.17, 15) is 13.2 Å². The summed E-state index contributed by atoms with van der Waals surface area (Å²) in [5.74, 6) is -0.301. The summed E-state index contributed by atoms with van der Waals surface area (Å²) < 4.78 is 28.2. The third-order valence-corrected chi connectivity index (χ3v) is 4.85. The van der Waals surface area contributed by atoms with Gasteiger partial charge in [-0.25, -0.2) is 8.42 Å². The number of aryl methyl sites for hydroxylation is 1. The molecule has 1 amide bonds. The molecule has 0 bridgehead atoms. The lowest BCUT2D eigenvalue weighted by Gasteiger charge is -2.13. The van der Waals surface area contributed by atoms with Gasteiger partial charge < -0.3 is 10.1 Å². The SMILES string of the molecule is CCc1ccc(S(=O)(=O)Cl)cc1C(=O)NCC1CCCO1. The molecule has 1 aliphatic rings. The van der Waals surface area contributed by atoms with Crippen LogP contribution in [0.5, 0.6) is 0 Å². The second kappa shape index (κ2) is 6.77. The zero-order valence-electron chi connectivity index (χ0n) is 11.8. The van der Waals surface area contributed by atoms with Gasteiger partial charge in [-0.3, -0.25) is 4.79 Å². The zero-order chi connectivity index (χ0) is 15.5. The van der Waals surface area contributed by atoms with E-state index >= 15 is 0 Å². The number of halogens is 1. The molecule has 7 heteroatoms. The molecule has 1 saturated heterocycles. The van der Waals surface area contributed by atoms with Crippen molar-refractivity contribution in [2.75, 3.05) is 13.2 Å². The van der Waals surface area contributed by atoms with Crippen molar-refractivity contribution in [2.45, 2.75) is 37.2 Å². The summed E-state index contributed by atoms with van der Waals surface area (Å²) in [4.78, 5) is 12.2. The minimum atomic E-state index is -3.85. The third kappa shape index (κ3) is 4.18. The smallest absolute Gasteiger partial charge is 0.261 e. The highest BCUT2D eigenvalue weighted by atomic mass is 35.7. The Hall–Kier alpha value is -1.11. The largest absolute Gasteiger partial charge is 0.376 e. The highest BCUT2D eigenvalue weighted by Crippen LogP contribution is 2.20. The molecule has 0 radical (unpaired) electrons. The molecule has 1 N–H and O–H groups in total. The molecule has 1 aromatic carbocycles. The molecule has 0 saturated carbocycles. The highest BCUT2D eigenvalue weighted by Gasteiger charge is 2.19. The average Bonchev–Trinajstić information content (AvgIpc) is 2.96. The fourth-order valence-corrected chi connectivity index (χ4v) is 3.11. The summed E-state index contributed by atoms with van der Waals surface area (Å²) in [6, 6.07) is 4.36.